The molecule has 2 saturated heterocycles. The molecule has 2 fully saturated rings. The molecule has 1 atom stereocenters. The summed E-state index contributed by atoms with van der Waals surface area (Å²) in [5.41, 5.74) is 1.95. The number of carbonyl (C=O) groups excluding carboxylic acids is 1. The van der Waals surface area contributed by atoms with Crippen molar-refractivity contribution in [3.8, 4) is 0 Å². The average molecular weight is 573 g/mol. The smallest absolute Gasteiger partial charge is 0.224 e. The van der Waals surface area contributed by atoms with Crippen LogP contribution in [0.5, 0.6) is 0 Å². The molecule has 2 aliphatic heterocycles. The number of nitrogens with one attached hydrogen (secondary N) is 2. The normalized spacial score (nSPS) is 19.8. The minimum atomic E-state index is 0. The molecular weight excluding hydrogens is 531 g/mol. The van der Waals surface area contributed by atoms with Crippen LogP contribution in [-0.2, 0) is 20.8 Å². The van der Waals surface area contributed by atoms with Crippen molar-refractivity contribution in [2.75, 3.05) is 38.7 Å². The second-order valence-corrected chi connectivity index (χ2v) is 9.26. The van der Waals surface area contributed by atoms with Crippen LogP contribution < -0.4 is 10.6 Å². The van der Waals surface area contributed by atoms with Gasteiger partial charge in [-0.15, -0.1) is 24.0 Å². The first-order valence-electron chi connectivity index (χ1n) is 12.1. The molecule has 0 bridgehead atoms. The van der Waals surface area contributed by atoms with E-state index in [0.29, 0.717) is 25.0 Å². The SMILES string of the molecule is CN=C(NCc1cccc(NC(=O)CC(C)C)c1)N1CCC(OCC2CCCCO2)CC1.I. The summed E-state index contributed by atoms with van der Waals surface area (Å²) in [6, 6.07) is 7.99. The number of piperidine rings is 1. The van der Waals surface area contributed by atoms with Crippen LogP contribution >= 0.6 is 24.0 Å². The van der Waals surface area contributed by atoms with Crippen molar-refractivity contribution in [1.29, 1.82) is 0 Å². The molecule has 0 spiro atoms. The van der Waals surface area contributed by atoms with Crippen molar-refractivity contribution >= 4 is 41.5 Å². The number of hydrogen-bond donors (Lipinski definition) is 2. The topological polar surface area (TPSA) is 75.2 Å². The van der Waals surface area contributed by atoms with Crippen molar-refractivity contribution < 1.29 is 14.3 Å². The lowest BCUT2D eigenvalue weighted by Crippen LogP contribution is -2.47. The van der Waals surface area contributed by atoms with Crippen molar-refractivity contribution in [1.82, 2.24) is 10.2 Å². The van der Waals surface area contributed by atoms with E-state index in [0.717, 1.165) is 62.8 Å². The van der Waals surface area contributed by atoms with Gasteiger partial charge in [0.05, 0.1) is 18.8 Å². The Kier molecular flexibility index (Phi) is 12.5. The van der Waals surface area contributed by atoms with Gasteiger partial charge in [-0.2, -0.15) is 0 Å². The van der Waals surface area contributed by atoms with E-state index in [1.54, 1.807) is 0 Å². The number of guanidine groups is 1. The number of rotatable bonds is 8. The summed E-state index contributed by atoms with van der Waals surface area (Å²) in [4.78, 5) is 18.8. The van der Waals surface area contributed by atoms with Gasteiger partial charge >= 0.3 is 0 Å². The molecule has 186 valence electrons. The summed E-state index contributed by atoms with van der Waals surface area (Å²) >= 11 is 0. The zero-order valence-electron chi connectivity index (χ0n) is 20.3. The van der Waals surface area contributed by atoms with Gasteiger partial charge in [0, 0.05) is 45.4 Å². The number of amides is 1. The number of likely N-dealkylation sites (tertiary alicyclic amines) is 1. The van der Waals surface area contributed by atoms with E-state index in [1.165, 1.54) is 12.8 Å². The lowest BCUT2D eigenvalue weighted by atomic mass is 10.1. The number of nitrogens with zero attached hydrogens (tertiary/aromatic N) is 2. The summed E-state index contributed by atoms with van der Waals surface area (Å²) in [7, 11) is 1.83. The first-order valence-corrected chi connectivity index (χ1v) is 12.1. The fourth-order valence-electron chi connectivity index (χ4n) is 4.27. The van der Waals surface area contributed by atoms with Crippen molar-refractivity contribution in [3.63, 3.8) is 0 Å². The van der Waals surface area contributed by atoms with Gasteiger partial charge in [0.2, 0.25) is 5.91 Å². The Bertz CT molecular complexity index is 745. The van der Waals surface area contributed by atoms with E-state index >= 15 is 0 Å². The van der Waals surface area contributed by atoms with Gasteiger partial charge in [-0.1, -0.05) is 26.0 Å². The largest absolute Gasteiger partial charge is 0.376 e. The highest BCUT2D eigenvalue weighted by atomic mass is 127. The maximum absolute atomic E-state index is 12.0. The molecule has 1 aromatic rings. The second-order valence-electron chi connectivity index (χ2n) is 9.26. The third-order valence-electron chi connectivity index (χ3n) is 6.00. The van der Waals surface area contributed by atoms with Gasteiger partial charge in [0.1, 0.15) is 0 Å². The highest BCUT2D eigenvalue weighted by Crippen LogP contribution is 2.18. The number of ether oxygens (including phenoxy) is 2. The average Bonchev–Trinajstić information content (AvgIpc) is 2.79. The van der Waals surface area contributed by atoms with E-state index < -0.39 is 0 Å². The van der Waals surface area contributed by atoms with E-state index in [1.807, 2.05) is 39.1 Å². The third-order valence-corrected chi connectivity index (χ3v) is 6.00. The summed E-state index contributed by atoms with van der Waals surface area (Å²) in [5, 5.41) is 6.46. The predicted octanol–water partition coefficient (Wildman–Crippen LogP) is 4.41. The highest BCUT2D eigenvalue weighted by molar-refractivity contribution is 14.0. The first kappa shape index (κ1) is 27.9. The molecule has 1 unspecified atom stereocenters. The fraction of sp³-hybridized carbons (Fsp3) is 0.680. The summed E-state index contributed by atoms with van der Waals surface area (Å²) in [6.07, 6.45) is 6.68. The molecule has 1 aromatic carbocycles. The maximum atomic E-state index is 12.0. The lowest BCUT2D eigenvalue weighted by Gasteiger charge is -2.35. The summed E-state index contributed by atoms with van der Waals surface area (Å²) < 4.78 is 11.9. The van der Waals surface area contributed by atoms with Gasteiger partial charge in [-0.3, -0.25) is 9.79 Å². The van der Waals surface area contributed by atoms with Crippen molar-refractivity contribution in [3.05, 3.63) is 29.8 Å². The number of hydrogen-bond acceptors (Lipinski definition) is 4. The molecule has 8 heteroatoms. The Hall–Kier alpha value is -1.39. The van der Waals surface area contributed by atoms with E-state index in [-0.39, 0.29) is 36.0 Å². The molecule has 2 aliphatic rings. The van der Waals surface area contributed by atoms with Crippen molar-refractivity contribution in [2.24, 2.45) is 10.9 Å². The standard InChI is InChI=1S/C25H40N4O3.HI/c1-19(2)15-24(30)28-21-8-6-7-20(16-21)17-27-25(26-3)29-12-10-22(11-13-29)32-18-23-9-4-5-14-31-23;/h6-8,16,19,22-23H,4-5,9-15,17-18H2,1-3H3,(H,26,27)(H,28,30);1H. The van der Waals surface area contributed by atoms with Crippen LogP contribution in [0.4, 0.5) is 5.69 Å². The van der Waals surface area contributed by atoms with Gasteiger partial charge in [-0.05, 0) is 55.7 Å². The molecular formula is C25H41IN4O3. The number of carbonyl (C=O) groups is 1. The molecule has 2 N–H and O–H groups in total. The van der Waals surface area contributed by atoms with E-state index in [4.69, 9.17) is 9.47 Å². The van der Waals surface area contributed by atoms with Crippen LogP contribution in [0.25, 0.3) is 0 Å². The third kappa shape index (κ3) is 9.78. The quantitative estimate of drug-likeness (QED) is 0.274. The number of aliphatic imine (C=N–C) groups is 1. The van der Waals surface area contributed by atoms with Gasteiger partial charge in [-0.25, -0.2) is 0 Å². The van der Waals surface area contributed by atoms with Crippen LogP contribution in [0.15, 0.2) is 29.3 Å². The second kappa shape index (κ2) is 14.8. The molecule has 0 saturated carbocycles. The lowest BCUT2D eigenvalue weighted by molar-refractivity contribution is -0.116. The molecule has 7 nitrogen and oxygen atoms in total. The zero-order valence-corrected chi connectivity index (χ0v) is 22.7. The number of benzene rings is 1. The Balaban J connectivity index is 0.00000385. The Labute approximate surface area is 216 Å². The molecule has 0 aromatic heterocycles. The first-order chi connectivity index (χ1) is 15.5. The predicted molar refractivity (Wildman–Crippen MR) is 144 cm³/mol. The fourth-order valence-corrected chi connectivity index (χ4v) is 4.27. The minimum Gasteiger partial charge on any atom is -0.376 e. The van der Waals surface area contributed by atoms with Crippen molar-refractivity contribution in [2.45, 2.75) is 71.1 Å². The number of anilines is 1. The zero-order chi connectivity index (χ0) is 22.8. The molecule has 33 heavy (non-hydrogen) atoms. The van der Waals surface area contributed by atoms with Crippen LogP contribution in [-0.4, -0.2) is 62.3 Å². The van der Waals surface area contributed by atoms with Crippen LogP contribution in [0, 0.1) is 5.92 Å². The minimum absolute atomic E-state index is 0. The summed E-state index contributed by atoms with van der Waals surface area (Å²) in [6.45, 7) is 8.22. The number of halogens is 1. The molecule has 2 heterocycles. The van der Waals surface area contributed by atoms with Crippen LogP contribution in [0.3, 0.4) is 0 Å². The van der Waals surface area contributed by atoms with Crippen LogP contribution in [0.1, 0.15) is 57.9 Å². The van der Waals surface area contributed by atoms with Gasteiger partial charge in [0.15, 0.2) is 5.96 Å². The maximum Gasteiger partial charge on any atom is 0.224 e. The van der Waals surface area contributed by atoms with E-state index in [2.05, 4.69) is 26.6 Å². The van der Waals surface area contributed by atoms with Crippen LogP contribution in [0.2, 0.25) is 0 Å². The van der Waals surface area contributed by atoms with E-state index in [9.17, 15) is 4.79 Å². The Morgan fingerprint density at radius 2 is 2.03 bits per heavy atom. The Morgan fingerprint density at radius 1 is 1.24 bits per heavy atom. The summed E-state index contributed by atoms with van der Waals surface area (Å²) in [5.74, 6) is 1.31. The molecule has 0 radical (unpaired) electrons. The molecule has 1 amide bonds. The Morgan fingerprint density at radius 3 is 2.70 bits per heavy atom. The van der Waals surface area contributed by atoms with Gasteiger partial charge < -0.3 is 25.0 Å². The van der Waals surface area contributed by atoms with Gasteiger partial charge in [0.25, 0.3) is 0 Å². The molecule has 3 rings (SSSR count). The monoisotopic (exact) mass is 572 g/mol. The highest BCUT2D eigenvalue weighted by Gasteiger charge is 2.23. The molecule has 0 aliphatic carbocycles.